The maximum Gasteiger partial charge on any atom is 0.459 e. The molecule has 0 saturated heterocycles. The van der Waals surface area contributed by atoms with Crippen molar-refractivity contribution in [2.75, 3.05) is 18.9 Å². The van der Waals surface area contributed by atoms with E-state index in [1.807, 2.05) is 0 Å². The molecule has 0 spiro atoms. The number of benzene rings is 1. The third-order valence-electron chi connectivity index (χ3n) is 7.96. The number of halogens is 1. The third kappa shape index (κ3) is 13.3. The molecule has 0 fully saturated rings. The van der Waals surface area contributed by atoms with Gasteiger partial charge in [0.05, 0.1) is 31.6 Å². The van der Waals surface area contributed by atoms with Gasteiger partial charge in [0.1, 0.15) is 18.0 Å². The number of terminal acetylenes is 1. The topological polar surface area (TPSA) is 184 Å². The Labute approximate surface area is 287 Å². The molecule has 49 heavy (non-hydrogen) atoms. The molecular formula is C34H50FN6O7P. The van der Waals surface area contributed by atoms with Gasteiger partial charge in [-0.25, -0.2) is 9.55 Å². The molecule has 15 heteroatoms. The Morgan fingerprint density at radius 1 is 1.06 bits per heavy atom. The molecule has 2 aromatic heterocycles. The van der Waals surface area contributed by atoms with E-state index in [0.29, 0.717) is 0 Å². The molecule has 1 unspecified atom stereocenters. The summed E-state index contributed by atoms with van der Waals surface area (Å²) >= 11 is 0. The lowest BCUT2D eigenvalue weighted by Crippen LogP contribution is -2.36. The monoisotopic (exact) mass is 704 g/mol. The van der Waals surface area contributed by atoms with E-state index in [9.17, 15) is 24.0 Å². The Hall–Kier alpha value is -3.60. The number of unbranched alkanes of at least 4 members (excludes halogenated alkanes) is 10. The number of hydrogen-bond acceptors (Lipinski definition) is 11. The van der Waals surface area contributed by atoms with Gasteiger partial charge in [0.15, 0.2) is 17.0 Å². The van der Waals surface area contributed by atoms with Gasteiger partial charge in [0.2, 0.25) is 0 Å². The number of rotatable bonds is 24. The lowest BCUT2D eigenvalue weighted by molar-refractivity contribution is -0.145. The first kappa shape index (κ1) is 39.8. The van der Waals surface area contributed by atoms with Crippen LogP contribution in [0.4, 0.5) is 10.2 Å². The number of nitrogen functional groups attached to an aromatic ring is 1. The zero-order chi connectivity index (χ0) is 35.6. The fourth-order valence-electron chi connectivity index (χ4n) is 5.14. The zero-order valence-electron chi connectivity index (χ0n) is 28.4. The molecule has 0 radical (unpaired) electrons. The van der Waals surface area contributed by atoms with E-state index in [0.717, 1.165) is 30.3 Å². The quantitative estimate of drug-likeness (QED) is 0.0278. The maximum absolute atomic E-state index is 13.9. The van der Waals surface area contributed by atoms with E-state index in [1.165, 1.54) is 58.2 Å². The van der Waals surface area contributed by atoms with Crippen LogP contribution in [0.5, 0.6) is 5.75 Å². The first-order valence-electron chi connectivity index (χ1n) is 17.0. The molecule has 0 amide bonds. The number of anilines is 1. The maximum atomic E-state index is 13.9. The summed E-state index contributed by atoms with van der Waals surface area (Å²) in [6.45, 7) is 3.45. The summed E-state index contributed by atoms with van der Waals surface area (Å²) in [7, 11) is -4.26. The Kier molecular flexibility index (Phi) is 16.9. The molecular weight excluding hydrogens is 654 g/mol. The summed E-state index contributed by atoms with van der Waals surface area (Å²) in [5.74, 6) is 0.654. The van der Waals surface area contributed by atoms with Gasteiger partial charge in [-0.15, -0.1) is 6.42 Å². The Morgan fingerprint density at radius 3 is 2.33 bits per heavy atom. The third-order valence-corrected chi connectivity index (χ3v) is 9.61. The van der Waals surface area contributed by atoms with Crippen LogP contribution in [0.1, 0.15) is 97.1 Å². The van der Waals surface area contributed by atoms with Crippen LogP contribution in [0.2, 0.25) is 0 Å². The lowest BCUT2D eigenvalue weighted by atomic mass is 10.0. The van der Waals surface area contributed by atoms with Gasteiger partial charge in [-0.1, -0.05) is 95.3 Å². The largest absolute Gasteiger partial charge is 0.465 e. The number of ether oxygens (including phenoxy) is 1. The van der Waals surface area contributed by atoms with Gasteiger partial charge >= 0.3 is 19.8 Å². The normalized spacial score (nSPS) is 15.2. The van der Waals surface area contributed by atoms with Crippen molar-refractivity contribution in [2.24, 2.45) is 5.92 Å². The fourth-order valence-corrected chi connectivity index (χ4v) is 6.65. The Morgan fingerprint density at radius 2 is 1.69 bits per heavy atom. The number of aliphatic hydroxyl groups is 2. The highest BCUT2D eigenvalue weighted by Crippen LogP contribution is 2.45. The summed E-state index contributed by atoms with van der Waals surface area (Å²) in [5.41, 5.74) is 5.68. The lowest BCUT2D eigenvalue weighted by Gasteiger charge is -2.26. The molecule has 0 bridgehead atoms. The molecule has 0 aliphatic carbocycles. The van der Waals surface area contributed by atoms with Crippen molar-refractivity contribution < 1.29 is 37.7 Å². The van der Waals surface area contributed by atoms with E-state index in [1.54, 1.807) is 30.3 Å². The van der Waals surface area contributed by atoms with Crippen LogP contribution in [0, 0.1) is 24.3 Å². The van der Waals surface area contributed by atoms with Gasteiger partial charge < -0.3 is 25.2 Å². The zero-order valence-corrected chi connectivity index (χ0v) is 29.3. The number of fused-ring (bicyclic) bond motifs is 1. The second-order valence-corrected chi connectivity index (χ2v) is 13.7. The van der Waals surface area contributed by atoms with E-state index in [4.69, 9.17) is 25.9 Å². The van der Waals surface area contributed by atoms with E-state index < -0.39 is 50.7 Å². The number of aliphatic hydroxyl groups excluding tert-OH is 2. The molecule has 3 rings (SSSR count). The van der Waals surface area contributed by atoms with Crippen LogP contribution < -0.4 is 15.3 Å². The number of imidazole rings is 1. The van der Waals surface area contributed by atoms with Crippen molar-refractivity contribution in [3.05, 3.63) is 42.7 Å². The van der Waals surface area contributed by atoms with Crippen molar-refractivity contribution in [3.63, 3.8) is 0 Å². The minimum absolute atomic E-state index is 0.0725. The molecule has 13 nitrogen and oxygen atoms in total. The van der Waals surface area contributed by atoms with Gasteiger partial charge in [0, 0.05) is 6.42 Å². The fraction of sp³-hybridized carbons (Fsp3) is 0.588. The van der Waals surface area contributed by atoms with Crippen LogP contribution in [-0.2, 0) is 18.6 Å². The number of nitrogens with zero attached hydrogens (tertiary/aromatic N) is 4. The van der Waals surface area contributed by atoms with Crippen molar-refractivity contribution >= 4 is 30.7 Å². The first-order chi connectivity index (χ1) is 23.6. The molecule has 1 aromatic carbocycles. The van der Waals surface area contributed by atoms with E-state index >= 15 is 0 Å². The standard InChI is InChI=1S/C34H50FN6O7P/c1-4-6-7-8-9-10-11-12-13-14-18-21-46-33(44)25(3)40-49(45,48-27-19-16-15-17-20-27)47-23-26(5-2)28(42)22-29(43)41-24-37-30-31(36)38-34(35)39-32(30)41/h2,15-17,19-20,24-26,28-29,42-43H,4,6-14,18,21-23H2,1,3H3,(H,40,45)(H2,36,38,39)/t25-,26-,28-,29+,49?/m0/s1. The number of carbonyl (C=O) groups is 1. The summed E-state index contributed by atoms with van der Waals surface area (Å²) < 4.78 is 45.5. The number of aromatic nitrogens is 4. The van der Waals surface area contributed by atoms with Gasteiger partial charge in [-0.05, 0) is 25.5 Å². The number of nitrogens with one attached hydrogen (secondary N) is 1. The van der Waals surface area contributed by atoms with Crippen LogP contribution in [0.15, 0.2) is 36.7 Å². The first-order valence-corrected chi connectivity index (χ1v) is 18.5. The Balaban J connectivity index is 1.51. The minimum atomic E-state index is -4.26. The van der Waals surface area contributed by atoms with Crippen molar-refractivity contribution in [1.29, 1.82) is 0 Å². The minimum Gasteiger partial charge on any atom is -0.465 e. The van der Waals surface area contributed by atoms with Gasteiger partial charge in [-0.3, -0.25) is 13.9 Å². The van der Waals surface area contributed by atoms with Crippen LogP contribution in [0.25, 0.3) is 11.2 Å². The van der Waals surface area contributed by atoms with Crippen molar-refractivity contribution in [2.45, 2.75) is 109 Å². The number of esters is 1. The van der Waals surface area contributed by atoms with Crippen molar-refractivity contribution in [3.8, 4) is 18.1 Å². The van der Waals surface area contributed by atoms with E-state index in [-0.39, 0.29) is 35.8 Å². The predicted octanol–water partition coefficient (Wildman–Crippen LogP) is 6.07. The summed E-state index contributed by atoms with van der Waals surface area (Å²) in [5, 5.41) is 24.3. The second-order valence-electron chi connectivity index (χ2n) is 12.0. The highest BCUT2D eigenvalue weighted by atomic mass is 31.2. The number of nitrogens with two attached hydrogens (primary N) is 1. The van der Waals surface area contributed by atoms with Gasteiger partial charge in [-0.2, -0.15) is 19.4 Å². The second kappa shape index (κ2) is 20.8. The smallest absolute Gasteiger partial charge is 0.459 e. The van der Waals surface area contributed by atoms with Crippen LogP contribution in [-0.4, -0.2) is 61.1 Å². The van der Waals surface area contributed by atoms with Crippen LogP contribution in [0.3, 0.4) is 0 Å². The molecule has 5 atom stereocenters. The average molecular weight is 705 g/mol. The van der Waals surface area contributed by atoms with Crippen LogP contribution >= 0.6 is 7.75 Å². The SMILES string of the molecule is C#C[C@@H](COP(=O)(N[C@@H](C)C(=O)OCCCCCCCCCCCCC)Oc1ccccc1)[C@@H](O)C[C@@H](O)n1cnc2c(N)nc(F)nc21. The van der Waals surface area contributed by atoms with Gasteiger partial charge in [0.25, 0.3) is 0 Å². The highest BCUT2D eigenvalue weighted by Gasteiger charge is 2.34. The predicted molar refractivity (Wildman–Crippen MR) is 185 cm³/mol. The highest BCUT2D eigenvalue weighted by molar-refractivity contribution is 7.52. The summed E-state index contributed by atoms with van der Waals surface area (Å²) in [6.07, 6.45) is 15.4. The summed E-state index contributed by atoms with van der Waals surface area (Å²) in [6, 6.07) is 7.14. The molecule has 5 N–H and O–H groups in total. The number of hydrogen-bond donors (Lipinski definition) is 4. The molecule has 0 aliphatic heterocycles. The summed E-state index contributed by atoms with van der Waals surface area (Å²) in [4.78, 5) is 23.8. The molecule has 2 heterocycles. The van der Waals surface area contributed by atoms with E-state index in [2.05, 4.69) is 32.9 Å². The molecule has 0 aliphatic rings. The number of para-hydroxylation sites is 1. The molecule has 0 saturated carbocycles. The van der Waals surface area contributed by atoms with Crippen molar-refractivity contribution in [1.82, 2.24) is 24.6 Å². The Bertz CT molecular complexity index is 1520. The number of carbonyl (C=O) groups excluding carboxylic acids is 1. The molecule has 3 aromatic rings. The molecule has 270 valence electrons. The average Bonchev–Trinajstić information content (AvgIpc) is 3.50.